The fraction of sp³-hybridized carbons (Fsp3) is 0.0196. The number of hydrogen-bond donors (Lipinski definition) is 0. The molecule has 12 heteroatoms. The molecule has 0 amide bonds. The lowest BCUT2D eigenvalue weighted by Gasteiger charge is -2.23. The van der Waals surface area contributed by atoms with E-state index in [9.17, 15) is 9.65 Å². The molecule has 304 valence electrons. The summed E-state index contributed by atoms with van der Waals surface area (Å²) in [4.78, 5) is 3.62. The van der Waals surface area contributed by atoms with Crippen LogP contribution in [0.3, 0.4) is 0 Å². The van der Waals surface area contributed by atoms with Gasteiger partial charge in [-0.1, -0.05) is 103 Å². The van der Waals surface area contributed by atoms with Crippen LogP contribution >= 0.6 is 0 Å². The van der Waals surface area contributed by atoms with Gasteiger partial charge in [0, 0.05) is 21.5 Å². The number of hydrogen-bond acceptors (Lipinski definition) is 1. The van der Waals surface area contributed by atoms with Crippen LogP contribution in [0.4, 0.5) is 40.8 Å². The van der Waals surface area contributed by atoms with Crippen molar-refractivity contribution in [1.29, 1.82) is 5.26 Å². The van der Waals surface area contributed by atoms with Gasteiger partial charge < -0.3 is 9.13 Å². The van der Waals surface area contributed by atoms with Crippen LogP contribution in [-0.4, -0.2) is 9.13 Å². The molecule has 0 aliphatic rings. The molecular weight excluding hydrogens is 821 g/mol. The second-order valence-corrected chi connectivity index (χ2v) is 14.8. The minimum Gasteiger partial charge on any atom is -0.309 e. The minimum atomic E-state index is -5.24. The minimum absolute atomic E-state index is 0.188. The SMILES string of the molecule is [C-]#[N+]c1ccccc1-c1ccc2c3ccccc3n(-c3cc(-c4c(F)c(F)c(F)c(F)c4F)cc(-n4c5ccccc5c5ccc(-c6ccccc6C#N)cc54)c3C(F)(F)F)c2c1. The van der Waals surface area contributed by atoms with Crippen molar-refractivity contribution >= 4 is 49.3 Å². The van der Waals surface area contributed by atoms with Gasteiger partial charge in [0.1, 0.15) is 5.56 Å². The van der Waals surface area contributed by atoms with E-state index in [0.717, 1.165) is 12.1 Å². The number of para-hydroxylation sites is 3. The Balaban J connectivity index is 1.41. The number of fused-ring (bicyclic) bond motifs is 6. The Morgan fingerprint density at radius 1 is 0.476 bits per heavy atom. The largest absolute Gasteiger partial charge is 0.420 e. The molecule has 0 aliphatic heterocycles. The maximum Gasteiger partial charge on any atom is 0.420 e. The molecule has 8 aromatic carbocycles. The van der Waals surface area contributed by atoms with Gasteiger partial charge in [0.05, 0.1) is 57.2 Å². The van der Waals surface area contributed by atoms with Crippen molar-refractivity contribution in [1.82, 2.24) is 9.13 Å². The predicted molar refractivity (Wildman–Crippen MR) is 227 cm³/mol. The van der Waals surface area contributed by atoms with E-state index in [1.165, 1.54) is 9.13 Å². The fourth-order valence-corrected chi connectivity index (χ4v) is 8.70. The molecule has 2 aromatic heterocycles. The zero-order chi connectivity index (χ0) is 43.9. The summed E-state index contributed by atoms with van der Waals surface area (Å²) >= 11 is 0. The maximum atomic E-state index is 16.4. The van der Waals surface area contributed by atoms with Crippen molar-refractivity contribution < 1.29 is 35.1 Å². The molecule has 0 unspecified atom stereocenters. The molecule has 0 fully saturated rings. The Morgan fingerprint density at radius 3 is 1.44 bits per heavy atom. The first kappa shape index (κ1) is 38.9. The fourth-order valence-electron chi connectivity index (χ4n) is 8.70. The van der Waals surface area contributed by atoms with Crippen LogP contribution in [0.25, 0.3) is 93.2 Å². The summed E-state index contributed by atoms with van der Waals surface area (Å²) in [5.74, 6) is -11.4. The zero-order valence-electron chi connectivity index (χ0n) is 32.2. The Bertz CT molecular complexity index is 3430. The Hall–Kier alpha value is -8.22. The van der Waals surface area contributed by atoms with E-state index in [2.05, 4.69) is 10.9 Å². The van der Waals surface area contributed by atoms with Crippen molar-refractivity contribution in [2.24, 2.45) is 0 Å². The first-order chi connectivity index (χ1) is 30.4. The summed E-state index contributed by atoms with van der Waals surface area (Å²) in [5.41, 5.74) is -1.55. The van der Waals surface area contributed by atoms with Gasteiger partial charge in [-0.2, -0.15) is 18.4 Å². The first-order valence-corrected chi connectivity index (χ1v) is 19.2. The van der Waals surface area contributed by atoms with Crippen LogP contribution < -0.4 is 0 Å². The van der Waals surface area contributed by atoms with Crippen molar-refractivity contribution in [3.63, 3.8) is 0 Å². The predicted octanol–water partition coefficient (Wildman–Crippen LogP) is 15.0. The van der Waals surface area contributed by atoms with Gasteiger partial charge in [-0.25, -0.2) is 26.8 Å². The second kappa shape index (κ2) is 14.5. The van der Waals surface area contributed by atoms with Crippen molar-refractivity contribution in [3.8, 4) is 50.8 Å². The molecule has 0 N–H and O–H groups in total. The first-order valence-electron chi connectivity index (χ1n) is 19.2. The maximum absolute atomic E-state index is 16.4. The average molecular weight is 845 g/mol. The Kier molecular flexibility index (Phi) is 8.94. The van der Waals surface area contributed by atoms with Crippen LogP contribution in [0.5, 0.6) is 0 Å². The Morgan fingerprint density at radius 2 is 0.921 bits per heavy atom. The highest BCUT2D eigenvalue weighted by molar-refractivity contribution is 6.12. The molecule has 0 saturated carbocycles. The van der Waals surface area contributed by atoms with Gasteiger partial charge in [-0.3, -0.25) is 0 Å². The van der Waals surface area contributed by atoms with Crippen molar-refractivity contribution in [2.45, 2.75) is 6.18 Å². The number of nitrogens with zero attached hydrogens (tertiary/aromatic N) is 4. The summed E-state index contributed by atoms with van der Waals surface area (Å²) in [6, 6.07) is 40.1. The van der Waals surface area contributed by atoms with Crippen LogP contribution in [0.15, 0.2) is 146 Å². The van der Waals surface area contributed by atoms with E-state index in [1.54, 1.807) is 133 Å². The highest BCUT2D eigenvalue weighted by atomic mass is 19.4. The third-order valence-electron chi connectivity index (χ3n) is 11.4. The molecule has 63 heavy (non-hydrogen) atoms. The van der Waals surface area contributed by atoms with Gasteiger partial charge in [0.2, 0.25) is 5.82 Å². The number of benzene rings is 8. The summed E-state index contributed by atoms with van der Waals surface area (Å²) in [6.45, 7) is 7.77. The van der Waals surface area contributed by atoms with Gasteiger partial charge >= 0.3 is 6.18 Å². The molecule has 4 nitrogen and oxygen atoms in total. The lowest BCUT2D eigenvalue weighted by atomic mass is 9.97. The highest BCUT2D eigenvalue weighted by Gasteiger charge is 2.40. The number of nitriles is 1. The van der Waals surface area contributed by atoms with Gasteiger partial charge in [0.15, 0.2) is 29.0 Å². The number of rotatable bonds is 5. The van der Waals surface area contributed by atoms with Gasteiger partial charge in [-0.05, 0) is 70.3 Å². The van der Waals surface area contributed by atoms with Crippen molar-refractivity contribution in [3.05, 3.63) is 197 Å². The molecule has 0 bridgehead atoms. The quantitative estimate of drug-likeness (QED) is 0.0736. The van der Waals surface area contributed by atoms with E-state index < -0.39 is 63.3 Å². The average Bonchev–Trinajstić information content (AvgIpc) is 3.81. The van der Waals surface area contributed by atoms with Crippen molar-refractivity contribution in [2.75, 3.05) is 0 Å². The van der Waals surface area contributed by atoms with E-state index in [0.29, 0.717) is 43.8 Å². The summed E-state index contributed by atoms with van der Waals surface area (Å²) < 4.78 is 129. The molecule has 0 atom stereocenters. The zero-order valence-corrected chi connectivity index (χ0v) is 32.2. The molecule has 0 saturated heterocycles. The van der Waals surface area contributed by atoms with Crippen LogP contribution in [0.2, 0.25) is 0 Å². The van der Waals surface area contributed by atoms with Crippen LogP contribution in [0.1, 0.15) is 11.1 Å². The lowest BCUT2D eigenvalue weighted by molar-refractivity contribution is -0.137. The number of halogens is 8. The van der Waals surface area contributed by atoms with E-state index >= 15 is 30.7 Å². The monoisotopic (exact) mass is 844 g/mol. The third kappa shape index (κ3) is 5.94. The summed E-state index contributed by atoms with van der Waals surface area (Å²) in [7, 11) is 0. The number of aromatic nitrogens is 2. The van der Waals surface area contributed by atoms with Gasteiger partial charge in [0.25, 0.3) is 0 Å². The van der Waals surface area contributed by atoms with Crippen LogP contribution in [0, 0.1) is 47.0 Å². The molecular formula is C51H24F8N4. The van der Waals surface area contributed by atoms with E-state index in [1.807, 2.05) is 0 Å². The topological polar surface area (TPSA) is 38.0 Å². The standard InChI is InChI=1S/C51H24F8N4/c1-61-37-15-7-4-12-32(37)28-19-21-36-34-14-6-9-17-39(34)63(41(36)23-28)43-25-30(44-46(52)48(54)50(56)49(55)47(44)53)24-42(45(43)51(57,58)59)62-38-16-8-5-13-33(38)35-20-18-27(22-40(35)62)31-11-3-2-10-29(31)26-60/h2-25H. The van der Waals surface area contributed by atoms with Gasteiger partial charge in [-0.15, -0.1) is 0 Å². The Labute approximate surface area is 352 Å². The lowest BCUT2D eigenvalue weighted by Crippen LogP contribution is -2.16. The number of alkyl halides is 3. The van der Waals surface area contributed by atoms with Crippen LogP contribution in [-0.2, 0) is 6.18 Å². The molecule has 0 radical (unpaired) electrons. The van der Waals surface area contributed by atoms with E-state index in [-0.39, 0.29) is 33.3 Å². The summed E-state index contributed by atoms with van der Waals surface area (Å²) in [5, 5.41) is 11.9. The molecule has 0 spiro atoms. The normalized spacial score (nSPS) is 11.8. The highest BCUT2D eigenvalue weighted by Crippen LogP contribution is 2.48. The molecule has 2 heterocycles. The molecule has 0 aliphatic carbocycles. The smallest absolute Gasteiger partial charge is 0.309 e. The third-order valence-corrected chi connectivity index (χ3v) is 11.4. The van der Waals surface area contributed by atoms with E-state index in [4.69, 9.17) is 6.57 Å². The molecule has 10 rings (SSSR count). The second-order valence-electron chi connectivity index (χ2n) is 14.8. The molecule has 10 aromatic rings. The summed E-state index contributed by atoms with van der Waals surface area (Å²) in [6.07, 6.45) is -5.24.